The average Bonchev–Trinajstić information content (AvgIpc) is 3.31. The monoisotopic (exact) mass is 310 g/mol. The Morgan fingerprint density at radius 1 is 0.913 bits per heavy atom. The van der Waals surface area contributed by atoms with Crippen LogP contribution in [0.2, 0.25) is 0 Å². The molecule has 4 rings (SSSR count). The molecule has 1 unspecified atom stereocenters. The molecule has 0 spiro atoms. The Hall–Kier alpha value is -1.08. The van der Waals surface area contributed by atoms with Gasteiger partial charge in [-0.25, -0.2) is 0 Å². The van der Waals surface area contributed by atoms with Crippen molar-refractivity contribution in [2.24, 2.45) is 5.92 Å². The summed E-state index contributed by atoms with van der Waals surface area (Å²) in [6.07, 6.45) is 13.8. The molecule has 1 heteroatoms. The molecule has 0 amide bonds. The van der Waals surface area contributed by atoms with Crippen LogP contribution in [0, 0.1) is 5.92 Å². The van der Waals surface area contributed by atoms with Crippen LogP contribution >= 0.6 is 0 Å². The summed E-state index contributed by atoms with van der Waals surface area (Å²) in [4.78, 5) is 0. The van der Waals surface area contributed by atoms with E-state index in [4.69, 9.17) is 4.74 Å². The molecule has 0 aliphatic heterocycles. The highest BCUT2D eigenvalue weighted by Crippen LogP contribution is 2.49. The lowest BCUT2D eigenvalue weighted by atomic mass is 9.84. The number of hydrogen-bond acceptors (Lipinski definition) is 1. The van der Waals surface area contributed by atoms with Gasteiger partial charge in [-0.1, -0.05) is 50.0 Å². The van der Waals surface area contributed by atoms with E-state index in [1.165, 1.54) is 51.4 Å². The van der Waals surface area contributed by atoms with Crippen molar-refractivity contribution < 1.29 is 4.74 Å². The second kappa shape index (κ2) is 6.81. The molecule has 0 aromatic heterocycles. The zero-order valence-corrected chi connectivity index (χ0v) is 14.5. The Morgan fingerprint density at radius 2 is 1.57 bits per heavy atom. The minimum atomic E-state index is 0.488. The van der Waals surface area contributed by atoms with E-state index in [9.17, 15) is 0 Å². The summed E-state index contributed by atoms with van der Waals surface area (Å²) in [7, 11) is 0. The van der Waals surface area contributed by atoms with Crippen molar-refractivity contribution in [3.63, 3.8) is 0 Å². The molecule has 124 valence electrons. The van der Waals surface area contributed by atoms with Crippen LogP contribution in [-0.4, -0.2) is 13.2 Å². The molecule has 1 atom stereocenters. The number of rotatable bonds is 5. The van der Waals surface area contributed by atoms with Crippen LogP contribution in [0.25, 0.3) is 5.57 Å². The van der Waals surface area contributed by atoms with E-state index in [0.717, 1.165) is 25.0 Å². The first kappa shape index (κ1) is 15.4. The molecule has 0 radical (unpaired) electrons. The van der Waals surface area contributed by atoms with Gasteiger partial charge in [-0.3, -0.25) is 0 Å². The lowest BCUT2D eigenvalue weighted by Crippen LogP contribution is -2.06. The molecule has 0 N–H and O–H groups in total. The van der Waals surface area contributed by atoms with E-state index in [-0.39, 0.29) is 0 Å². The maximum Gasteiger partial charge on any atom is 0.0569 e. The maximum absolute atomic E-state index is 5.81. The summed E-state index contributed by atoms with van der Waals surface area (Å²) in [6.45, 7) is 3.78. The minimum absolute atomic E-state index is 0.488. The zero-order chi connectivity index (χ0) is 15.6. The van der Waals surface area contributed by atoms with Crippen molar-refractivity contribution in [1.82, 2.24) is 0 Å². The molecule has 0 heterocycles. The van der Waals surface area contributed by atoms with Gasteiger partial charge < -0.3 is 4.74 Å². The molecule has 2 saturated carbocycles. The van der Waals surface area contributed by atoms with Gasteiger partial charge in [0, 0.05) is 12.5 Å². The van der Waals surface area contributed by atoms with Gasteiger partial charge in [0.15, 0.2) is 0 Å². The van der Waals surface area contributed by atoms with E-state index >= 15 is 0 Å². The van der Waals surface area contributed by atoms with Crippen molar-refractivity contribution in [2.45, 2.75) is 70.1 Å². The van der Waals surface area contributed by atoms with Crippen LogP contribution in [0.4, 0.5) is 0 Å². The highest BCUT2D eigenvalue weighted by atomic mass is 16.5. The summed E-state index contributed by atoms with van der Waals surface area (Å²) in [6, 6.07) is 7.10. The van der Waals surface area contributed by atoms with Crippen molar-refractivity contribution in [3.8, 4) is 0 Å². The Balaban J connectivity index is 1.73. The van der Waals surface area contributed by atoms with Crippen molar-refractivity contribution in [3.05, 3.63) is 41.0 Å². The molecule has 0 saturated heterocycles. The summed E-state index contributed by atoms with van der Waals surface area (Å²) in [5.41, 5.74) is 6.56. The topological polar surface area (TPSA) is 9.23 Å². The molecular formula is C22H30O. The first-order valence-corrected chi connectivity index (χ1v) is 9.81. The highest BCUT2D eigenvalue weighted by molar-refractivity contribution is 5.79. The molecule has 1 aromatic carbocycles. The molecular weight excluding hydrogens is 280 g/mol. The second-order valence-electron chi connectivity index (χ2n) is 7.66. The largest absolute Gasteiger partial charge is 0.381 e. The fourth-order valence-electron chi connectivity index (χ4n) is 5.16. The van der Waals surface area contributed by atoms with Crippen LogP contribution < -0.4 is 0 Å². The quantitative estimate of drug-likeness (QED) is 0.643. The third-order valence-electron chi connectivity index (χ3n) is 6.29. The second-order valence-corrected chi connectivity index (χ2v) is 7.66. The van der Waals surface area contributed by atoms with Gasteiger partial charge in [-0.15, -0.1) is 0 Å². The smallest absolute Gasteiger partial charge is 0.0569 e. The maximum atomic E-state index is 5.81. The van der Waals surface area contributed by atoms with Crippen LogP contribution in [0.15, 0.2) is 24.3 Å². The number of ether oxygens (including phenoxy) is 1. The fraction of sp³-hybridized carbons (Fsp3) is 0.636. The van der Waals surface area contributed by atoms with Gasteiger partial charge in [0.25, 0.3) is 0 Å². The predicted octanol–water partition coefficient (Wildman–Crippen LogP) is 6.05. The predicted molar refractivity (Wildman–Crippen MR) is 96.8 cm³/mol. The van der Waals surface area contributed by atoms with Gasteiger partial charge in [-0.2, -0.15) is 0 Å². The fourth-order valence-corrected chi connectivity index (χ4v) is 5.16. The van der Waals surface area contributed by atoms with Crippen molar-refractivity contribution >= 4 is 5.57 Å². The average molecular weight is 310 g/mol. The van der Waals surface area contributed by atoms with Crippen molar-refractivity contribution in [1.29, 1.82) is 0 Å². The van der Waals surface area contributed by atoms with Crippen LogP contribution in [0.1, 0.15) is 86.8 Å². The van der Waals surface area contributed by atoms with E-state index in [1.807, 2.05) is 0 Å². The Morgan fingerprint density at radius 3 is 2.26 bits per heavy atom. The number of hydrogen-bond donors (Lipinski definition) is 0. The molecule has 2 fully saturated rings. The lowest BCUT2D eigenvalue weighted by Gasteiger charge is -2.21. The number of benzene rings is 1. The molecule has 3 aliphatic carbocycles. The van der Waals surface area contributed by atoms with Crippen LogP contribution in [0.5, 0.6) is 0 Å². The molecule has 0 bridgehead atoms. The minimum Gasteiger partial charge on any atom is -0.381 e. The first-order chi connectivity index (χ1) is 11.4. The summed E-state index contributed by atoms with van der Waals surface area (Å²) >= 11 is 0. The third kappa shape index (κ3) is 2.89. The molecule has 1 nitrogen and oxygen atoms in total. The standard InChI is InChI=1S/C22H30O/c1-2-23-15-18-14-21(17-10-5-6-11-17)22-19(12-7-13-20(18)22)16-8-3-4-9-16/h7,12-14,16-18H,2-6,8-11,15H2,1H3. The first-order valence-electron chi connectivity index (χ1n) is 9.81. The molecule has 23 heavy (non-hydrogen) atoms. The van der Waals surface area contributed by atoms with Crippen molar-refractivity contribution in [2.75, 3.05) is 13.2 Å². The summed E-state index contributed by atoms with van der Waals surface area (Å²) in [5.74, 6) is 2.10. The van der Waals surface area contributed by atoms with Gasteiger partial charge in [0.1, 0.15) is 0 Å². The number of allylic oxidation sites excluding steroid dienone is 1. The molecule has 3 aliphatic rings. The SMILES string of the molecule is CCOCC1C=C(C2CCCC2)c2c1cccc2C1CCCC1. The van der Waals surface area contributed by atoms with Gasteiger partial charge >= 0.3 is 0 Å². The molecule has 1 aromatic rings. The number of fused-ring (bicyclic) bond motifs is 1. The van der Waals surface area contributed by atoms with Gasteiger partial charge in [0.2, 0.25) is 0 Å². The van der Waals surface area contributed by atoms with E-state index in [0.29, 0.717) is 5.92 Å². The van der Waals surface area contributed by atoms with E-state index in [2.05, 4.69) is 31.2 Å². The lowest BCUT2D eigenvalue weighted by molar-refractivity contribution is 0.142. The van der Waals surface area contributed by atoms with E-state index < -0.39 is 0 Å². The van der Waals surface area contributed by atoms with Crippen LogP contribution in [-0.2, 0) is 4.74 Å². The Bertz CT molecular complexity index is 574. The normalized spacial score (nSPS) is 25.1. The highest BCUT2D eigenvalue weighted by Gasteiger charge is 2.33. The van der Waals surface area contributed by atoms with Crippen LogP contribution in [0.3, 0.4) is 0 Å². The third-order valence-corrected chi connectivity index (χ3v) is 6.29. The summed E-state index contributed by atoms with van der Waals surface area (Å²) in [5, 5.41) is 0. The Labute approximate surface area is 141 Å². The van der Waals surface area contributed by atoms with E-state index in [1.54, 1.807) is 22.3 Å². The Kier molecular flexibility index (Phi) is 4.57. The zero-order valence-electron chi connectivity index (χ0n) is 14.5. The summed E-state index contributed by atoms with van der Waals surface area (Å²) < 4.78 is 5.81. The van der Waals surface area contributed by atoms with Gasteiger partial charge in [-0.05, 0) is 66.7 Å². The van der Waals surface area contributed by atoms with Gasteiger partial charge in [0.05, 0.1) is 6.61 Å².